The van der Waals surface area contributed by atoms with E-state index in [9.17, 15) is 33.5 Å². The topological polar surface area (TPSA) is 134 Å². The van der Waals surface area contributed by atoms with Crippen molar-refractivity contribution >= 4 is 11.5 Å². The summed E-state index contributed by atoms with van der Waals surface area (Å²) in [6.45, 7) is -0.664. The molecule has 2 atom stereocenters. The van der Waals surface area contributed by atoms with Crippen LogP contribution in [-0.4, -0.2) is 42.7 Å². The van der Waals surface area contributed by atoms with Crippen LogP contribution in [0.25, 0.3) is 11.5 Å². The van der Waals surface area contributed by atoms with Gasteiger partial charge >= 0.3 is 6.18 Å². The minimum Gasteiger partial charge on any atom is -0.394 e. The number of nitrogens with zero attached hydrogens (tertiary/aromatic N) is 4. The number of nitrogens with one attached hydrogen (secondary N) is 1. The number of halogens is 3. The highest BCUT2D eigenvalue weighted by Gasteiger charge is 2.34. The number of hydrogen-bond acceptors (Lipinski definition) is 8. The zero-order chi connectivity index (χ0) is 22.6. The minimum atomic E-state index is -4.77. The summed E-state index contributed by atoms with van der Waals surface area (Å²) >= 11 is 0. The number of aliphatic hydroxyl groups is 2. The third-order valence-corrected chi connectivity index (χ3v) is 4.27. The Morgan fingerprint density at radius 1 is 1.13 bits per heavy atom. The molecule has 2 heterocycles. The normalized spacial score (nSPS) is 13.5. The molecule has 0 fully saturated rings. The second kappa shape index (κ2) is 9.02. The van der Waals surface area contributed by atoms with E-state index in [0.29, 0.717) is 6.07 Å². The van der Waals surface area contributed by atoms with Crippen molar-refractivity contribution in [3.05, 3.63) is 76.1 Å². The first-order valence-electron chi connectivity index (χ1n) is 8.86. The number of rotatable bonds is 7. The number of aliphatic hydroxyl groups excluding tert-OH is 2. The third kappa shape index (κ3) is 5.29. The van der Waals surface area contributed by atoms with Crippen molar-refractivity contribution in [3.63, 3.8) is 0 Å². The quantitative estimate of drug-likeness (QED) is 0.381. The molecule has 12 heteroatoms. The van der Waals surface area contributed by atoms with Crippen LogP contribution in [-0.2, 0) is 6.18 Å². The predicted molar refractivity (Wildman–Crippen MR) is 103 cm³/mol. The summed E-state index contributed by atoms with van der Waals surface area (Å²) in [6.07, 6.45) is -4.79. The van der Waals surface area contributed by atoms with E-state index < -0.39 is 35.5 Å². The monoisotopic (exact) mass is 435 g/mol. The van der Waals surface area contributed by atoms with E-state index in [-0.39, 0.29) is 28.6 Å². The number of benzene rings is 1. The van der Waals surface area contributed by atoms with Gasteiger partial charge in [-0.15, -0.1) is 0 Å². The van der Waals surface area contributed by atoms with E-state index in [1.54, 1.807) is 12.1 Å². The van der Waals surface area contributed by atoms with Crippen molar-refractivity contribution in [1.29, 1.82) is 0 Å². The van der Waals surface area contributed by atoms with Crippen LogP contribution in [0.15, 0.2) is 54.7 Å². The van der Waals surface area contributed by atoms with Gasteiger partial charge in [-0.1, -0.05) is 6.07 Å². The number of hydrogen-bond donors (Lipinski definition) is 3. The molecule has 2 aromatic heterocycles. The molecule has 3 rings (SSSR count). The van der Waals surface area contributed by atoms with Crippen LogP contribution in [0, 0.1) is 10.1 Å². The Hall–Kier alpha value is -3.64. The first-order valence-corrected chi connectivity index (χ1v) is 8.86. The number of alkyl halides is 3. The highest BCUT2D eigenvalue weighted by Crippen LogP contribution is 2.31. The highest BCUT2D eigenvalue weighted by molar-refractivity contribution is 5.53. The molecule has 31 heavy (non-hydrogen) atoms. The summed E-state index contributed by atoms with van der Waals surface area (Å²) in [5, 5.41) is 33.5. The first-order chi connectivity index (χ1) is 14.7. The average molecular weight is 435 g/mol. The summed E-state index contributed by atoms with van der Waals surface area (Å²) in [4.78, 5) is 21.6. The Labute approximate surface area is 173 Å². The van der Waals surface area contributed by atoms with E-state index in [4.69, 9.17) is 0 Å². The number of pyridine rings is 1. The van der Waals surface area contributed by atoms with Crippen LogP contribution >= 0.6 is 0 Å². The molecule has 0 aliphatic rings. The fourth-order valence-electron chi connectivity index (χ4n) is 2.72. The van der Waals surface area contributed by atoms with Gasteiger partial charge in [-0.05, 0) is 29.8 Å². The van der Waals surface area contributed by atoms with Crippen LogP contribution in [0.3, 0.4) is 0 Å². The van der Waals surface area contributed by atoms with Gasteiger partial charge < -0.3 is 15.5 Å². The second-order valence-electron chi connectivity index (χ2n) is 6.40. The van der Waals surface area contributed by atoms with Gasteiger partial charge in [0, 0.05) is 24.4 Å². The maximum atomic E-state index is 13.3. The standard InChI is InChI=1S/C19H16F3N5O4/c20-19(21,22)15-9-16(26-18(25-15)13-3-1-2-8-23-13)24-14(10-28)17(29)11-4-6-12(7-5-11)27(30)31/h1-9,14,17,28-29H,10H2,(H,24,25,26). The Morgan fingerprint density at radius 2 is 1.84 bits per heavy atom. The average Bonchev–Trinajstić information content (AvgIpc) is 2.77. The molecule has 0 saturated heterocycles. The lowest BCUT2D eigenvalue weighted by molar-refractivity contribution is -0.384. The molecule has 0 aliphatic heterocycles. The lowest BCUT2D eigenvalue weighted by Gasteiger charge is -2.23. The molecular formula is C19H16F3N5O4. The summed E-state index contributed by atoms with van der Waals surface area (Å²) in [5.41, 5.74) is -1.11. The molecule has 1 aromatic carbocycles. The Balaban J connectivity index is 1.92. The molecule has 0 spiro atoms. The molecule has 0 amide bonds. The third-order valence-electron chi connectivity index (χ3n) is 4.27. The molecule has 3 N–H and O–H groups in total. The van der Waals surface area contributed by atoms with E-state index >= 15 is 0 Å². The number of aromatic nitrogens is 3. The summed E-state index contributed by atoms with van der Waals surface area (Å²) in [5.74, 6) is -0.581. The number of nitro benzene ring substituents is 1. The fourth-order valence-corrected chi connectivity index (χ4v) is 2.72. The molecule has 0 saturated carbocycles. The van der Waals surface area contributed by atoms with Crippen LogP contribution in [0.5, 0.6) is 0 Å². The van der Waals surface area contributed by atoms with Crippen LogP contribution in [0.2, 0.25) is 0 Å². The van der Waals surface area contributed by atoms with Crippen molar-refractivity contribution in [2.75, 3.05) is 11.9 Å². The van der Waals surface area contributed by atoms with Gasteiger partial charge in [-0.3, -0.25) is 15.1 Å². The fraction of sp³-hybridized carbons (Fsp3) is 0.211. The van der Waals surface area contributed by atoms with E-state index in [1.165, 1.54) is 36.5 Å². The summed E-state index contributed by atoms with van der Waals surface area (Å²) in [7, 11) is 0. The van der Waals surface area contributed by atoms with Crippen molar-refractivity contribution in [2.45, 2.75) is 18.3 Å². The van der Waals surface area contributed by atoms with Gasteiger partial charge in [0.1, 0.15) is 17.6 Å². The van der Waals surface area contributed by atoms with Gasteiger partial charge in [-0.25, -0.2) is 9.97 Å². The van der Waals surface area contributed by atoms with E-state index in [1.807, 2.05) is 0 Å². The Kier molecular flexibility index (Phi) is 6.42. The maximum absolute atomic E-state index is 13.3. The van der Waals surface area contributed by atoms with Gasteiger partial charge in [0.25, 0.3) is 5.69 Å². The van der Waals surface area contributed by atoms with Gasteiger partial charge in [0.15, 0.2) is 11.5 Å². The lowest BCUT2D eigenvalue weighted by Crippen LogP contribution is -2.32. The molecule has 0 radical (unpaired) electrons. The SMILES string of the molecule is O=[N+]([O-])c1ccc(C(O)C(CO)Nc2cc(C(F)(F)F)nc(-c3ccccn3)n2)cc1. The van der Waals surface area contributed by atoms with Crippen molar-refractivity contribution in [3.8, 4) is 11.5 Å². The van der Waals surface area contributed by atoms with Crippen molar-refractivity contribution < 1.29 is 28.3 Å². The largest absolute Gasteiger partial charge is 0.433 e. The van der Waals surface area contributed by atoms with Crippen LogP contribution in [0.4, 0.5) is 24.7 Å². The molecule has 0 aliphatic carbocycles. The number of non-ortho nitro benzene ring substituents is 1. The van der Waals surface area contributed by atoms with Gasteiger partial charge in [0.05, 0.1) is 17.6 Å². The van der Waals surface area contributed by atoms with Gasteiger partial charge in [0.2, 0.25) is 0 Å². The highest BCUT2D eigenvalue weighted by atomic mass is 19.4. The zero-order valence-corrected chi connectivity index (χ0v) is 15.7. The Morgan fingerprint density at radius 3 is 2.39 bits per heavy atom. The Bertz CT molecular complexity index is 1050. The zero-order valence-electron chi connectivity index (χ0n) is 15.7. The van der Waals surface area contributed by atoms with Crippen molar-refractivity contribution in [2.24, 2.45) is 0 Å². The van der Waals surface area contributed by atoms with E-state index in [0.717, 1.165) is 0 Å². The summed E-state index contributed by atoms with van der Waals surface area (Å²) < 4.78 is 40.0. The summed E-state index contributed by atoms with van der Waals surface area (Å²) in [6, 6.07) is 8.98. The molecule has 162 valence electrons. The predicted octanol–water partition coefficient (Wildman–Crippen LogP) is 2.97. The number of anilines is 1. The minimum absolute atomic E-state index is 0.105. The first kappa shape index (κ1) is 22.1. The molecular weight excluding hydrogens is 419 g/mol. The molecule has 0 bridgehead atoms. The van der Waals surface area contributed by atoms with Crippen molar-refractivity contribution in [1.82, 2.24) is 15.0 Å². The second-order valence-corrected chi connectivity index (χ2v) is 6.40. The lowest BCUT2D eigenvalue weighted by atomic mass is 10.0. The molecule has 3 aromatic rings. The van der Waals surface area contributed by atoms with E-state index in [2.05, 4.69) is 20.3 Å². The molecule has 9 nitrogen and oxygen atoms in total. The smallest absolute Gasteiger partial charge is 0.394 e. The maximum Gasteiger partial charge on any atom is 0.433 e. The van der Waals surface area contributed by atoms with Crippen LogP contribution < -0.4 is 5.32 Å². The van der Waals surface area contributed by atoms with Gasteiger partial charge in [-0.2, -0.15) is 13.2 Å². The van der Waals surface area contributed by atoms with Crippen LogP contribution in [0.1, 0.15) is 17.4 Å². The number of nitro groups is 1. The molecule has 2 unspecified atom stereocenters.